The summed E-state index contributed by atoms with van der Waals surface area (Å²) < 4.78 is 37.7. The zero-order valence-electron chi connectivity index (χ0n) is 12.2. The van der Waals surface area contributed by atoms with Gasteiger partial charge in [-0.1, -0.05) is 29.8 Å². The Hall–Kier alpha value is -2.10. The van der Waals surface area contributed by atoms with Crippen molar-refractivity contribution in [2.45, 2.75) is 25.7 Å². The monoisotopic (exact) mass is 339 g/mol. The molecule has 2 rings (SSSR count). The average Bonchev–Trinajstić information content (AvgIpc) is 2.51. The summed E-state index contributed by atoms with van der Waals surface area (Å²) in [5.74, 6) is 0. The van der Waals surface area contributed by atoms with Crippen molar-refractivity contribution in [3.05, 3.63) is 63.9 Å². The van der Waals surface area contributed by atoms with Gasteiger partial charge in [-0.3, -0.25) is 0 Å². The summed E-state index contributed by atoms with van der Waals surface area (Å²) in [5, 5.41) is 11.8. The Morgan fingerprint density at radius 1 is 1.30 bits per heavy atom. The minimum Gasteiger partial charge on any atom is -0.306 e. The molecule has 0 spiro atoms. The van der Waals surface area contributed by atoms with Gasteiger partial charge >= 0.3 is 6.18 Å². The van der Waals surface area contributed by atoms with E-state index in [2.05, 4.69) is 16.4 Å². The van der Waals surface area contributed by atoms with Gasteiger partial charge in [0.15, 0.2) is 0 Å². The molecule has 3 nitrogen and oxygen atoms in total. The molecule has 0 aliphatic rings. The van der Waals surface area contributed by atoms with E-state index in [0.29, 0.717) is 17.7 Å². The SMILES string of the molecule is C[C@@H](NCc1cccc(C#N)c1)c1ccc(C(F)(F)F)nc1Cl. The number of nitrogens with one attached hydrogen (secondary N) is 1. The van der Waals surface area contributed by atoms with Gasteiger partial charge in [0.1, 0.15) is 10.8 Å². The van der Waals surface area contributed by atoms with Gasteiger partial charge in [-0.15, -0.1) is 0 Å². The van der Waals surface area contributed by atoms with E-state index >= 15 is 0 Å². The van der Waals surface area contributed by atoms with Crippen LogP contribution in [0, 0.1) is 11.3 Å². The van der Waals surface area contributed by atoms with Crippen LogP contribution in [0.15, 0.2) is 36.4 Å². The molecule has 0 saturated carbocycles. The molecular weight excluding hydrogens is 327 g/mol. The minimum absolute atomic E-state index is 0.175. The normalized spacial score (nSPS) is 12.7. The van der Waals surface area contributed by atoms with Crippen LogP contribution in [0.3, 0.4) is 0 Å². The summed E-state index contributed by atoms with van der Waals surface area (Å²) in [6.45, 7) is 2.23. The van der Waals surface area contributed by atoms with Gasteiger partial charge in [0.2, 0.25) is 0 Å². The molecule has 120 valence electrons. The van der Waals surface area contributed by atoms with Gasteiger partial charge in [0, 0.05) is 18.2 Å². The third-order valence-electron chi connectivity index (χ3n) is 3.30. The summed E-state index contributed by atoms with van der Waals surface area (Å²) in [6, 6.07) is 11.1. The third kappa shape index (κ3) is 4.44. The Kier molecular flexibility index (Phi) is 5.24. The molecule has 0 saturated heterocycles. The number of nitriles is 1. The van der Waals surface area contributed by atoms with Crippen LogP contribution in [0.1, 0.15) is 35.3 Å². The number of nitrogens with zero attached hydrogens (tertiary/aromatic N) is 2. The fourth-order valence-corrected chi connectivity index (χ4v) is 2.38. The van der Waals surface area contributed by atoms with E-state index in [-0.39, 0.29) is 11.2 Å². The van der Waals surface area contributed by atoms with Crippen LogP contribution in [0.4, 0.5) is 13.2 Å². The van der Waals surface area contributed by atoms with E-state index in [9.17, 15) is 13.2 Å². The van der Waals surface area contributed by atoms with Crippen LogP contribution in [0.5, 0.6) is 0 Å². The van der Waals surface area contributed by atoms with Crippen LogP contribution in [0.25, 0.3) is 0 Å². The molecule has 7 heteroatoms. The molecule has 1 heterocycles. The van der Waals surface area contributed by atoms with E-state index < -0.39 is 11.9 Å². The Morgan fingerprint density at radius 3 is 2.65 bits per heavy atom. The van der Waals surface area contributed by atoms with Crippen LogP contribution >= 0.6 is 11.6 Å². The molecule has 0 radical (unpaired) electrons. The number of alkyl halides is 3. The molecule has 0 aliphatic carbocycles. The van der Waals surface area contributed by atoms with Crippen molar-refractivity contribution in [2.24, 2.45) is 0 Å². The minimum atomic E-state index is -4.52. The lowest BCUT2D eigenvalue weighted by molar-refractivity contribution is -0.141. The van der Waals surface area contributed by atoms with E-state index in [1.54, 1.807) is 25.1 Å². The molecule has 1 aromatic carbocycles. The summed E-state index contributed by atoms with van der Waals surface area (Å²) in [5.41, 5.74) is 0.911. The molecule has 0 unspecified atom stereocenters. The van der Waals surface area contributed by atoms with Gasteiger partial charge in [0.25, 0.3) is 0 Å². The zero-order chi connectivity index (χ0) is 17.0. The Balaban J connectivity index is 2.09. The zero-order valence-corrected chi connectivity index (χ0v) is 12.9. The average molecular weight is 340 g/mol. The maximum absolute atomic E-state index is 12.6. The fraction of sp³-hybridized carbons (Fsp3) is 0.250. The molecule has 23 heavy (non-hydrogen) atoms. The quantitative estimate of drug-likeness (QED) is 0.836. The largest absolute Gasteiger partial charge is 0.433 e. The van der Waals surface area contributed by atoms with E-state index in [1.165, 1.54) is 6.07 Å². The number of pyridine rings is 1. The Labute approximate surface area is 136 Å². The van der Waals surface area contributed by atoms with Crippen LogP contribution < -0.4 is 5.32 Å². The summed E-state index contributed by atoms with van der Waals surface area (Å²) in [7, 11) is 0. The first-order chi connectivity index (χ1) is 10.8. The Morgan fingerprint density at radius 2 is 2.04 bits per heavy atom. The first kappa shape index (κ1) is 17.3. The smallest absolute Gasteiger partial charge is 0.306 e. The van der Waals surface area contributed by atoms with E-state index in [1.807, 2.05) is 6.07 Å². The second-order valence-electron chi connectivity index (χ2n) is 4.99. The molecular formula is C16H13ClF3N3. The molecule has 1 N–H and O–H groups in total. The standard InChI is InChI=1S/C16H13ClF3N3/c1-10(22-9-12-4-2-3-11(7-12)8-21)13-5-6-14(16(18,19)20)23-15(13)17/h2-7,10,22H,9H2,1H3/t10-/m1/s1. The second kappa shape index (κ2) is 6.99. The molecule has 2 aromatic rings. The summed E-state index contributed by atoms with van der Waals surface area (Å²) in [4.78, 5) is 3.41. The molecule has 0 fully saturated rings. The van der Waals surface area contributed by atoms with Crippen molar-refractivity contribution in [1.29, 1.82) is 5.26 Å². The number of halogens is 4. The van der Waals surface area contributed by atoms with Crippen LogP contribution in [-0.4, -0.2) is 4.98 Å². The maximum Gasteiger partial charge on any atom is 0.433 e. The third-order valence-corrected chi connectivity index (χ3v) is 3.61. The van der Waals surface area contributed by atoms with Gasteiger partial charge < -0.3 is 5.32 Å². The first-order valence-corrected chi connectivity index (χ1v) is 7.15. The highest BCUT2D eigenvalue weighted by molar-refractivity contribution is 6.30. The highest BCUT2D eigenvalue weighted by atomic mass is 35.5. The summed E-state index contributed by atoms with van der Waals surface area (Å²) in [6.07, 6.45) is -4.52. The Bertz CT molecular complexity index is 738. The van der Waals surface area contributed by atoms with Gasteiger partial charge in [-0.05, 0) is 30.7 Å². The molecule has 1 atom stereocenters. The molecule has 0 bridgehead atoms. The van der Waals surface area contributed by atoms with Crippen molar-refractivity contribution in [3.8, 4) is 6.07 Å². The summed E-state index contributed by atoms with van der Waals surface area (Å²) >= 11 is 5.87. The molecule has 1 aromatic heterocycles. The second-order valence-corrected chi connectivity index (χ2v) is 5.35. The highest BCUT2D eigenvalue weighted by Crippen LogP contribution is 2.31. The van der Waals surface area contributed by atoms with E-state index in [4.69, 9.17) is 16.9 Å². The number of aromatic nitrogens is 1. The lowest BCUT2D eigenvalue weighted by atomic mass is 10.1. The van der Waals surface area contributed by atoms with Gasteiger partial charge in [-0.2, -0.15) is 18.4 Å². The van der Waals surface area contributed by atoms with Crippen molar-refractivity contribution >= 4 is 11.6 Å². The number of rotatable bonds is 4. The molecule has 0 amide bonds. The lowest BCUT2D eigenvalue weighted by Gasteiger charge is -2.16. The number of hydrogen-bond acceptors (Lipinski definition) is 3. The van der Waals surface area contributed by atoms with Crippen molar-refractivity contribution in [2.75, 3.05) is 0 Å². The predicted octanol–water partition coefficient (Wildman–Crippen LogP) is 4.48. The fourth-order valence-electron chi connectivity index (χ4n) is 2.06. The maximum atomic E-state index is 12.6. The van der Waals surface area contributed by atoms with Crippen molar-refractivity contribution in [1.82, 2.24) is 10.3 Å². The van der Waals surface area contributed by atoms with Gasteiger partial charge in [-0.25, -0.2) is 4.98 Å². The van der Waals surface area contributed by atoms with Crippen molar-refractivity contribution < 1.29 is 13.2 Å². The predicted molar refractivity (Wildman–Crippen MR) is 80.7 cm³/mol. The lowest BCUT2D eigenvalue weighted by Crippen LogP contribution is -2.19. The number of hydrogen-bond donors (Lipinski definition) is 1. The van der Waals surface area contributed by atoms with E-state index in [0.717, 1.165) is 11.6 Å². The number of benzene rings is 1. The van der Waals surface area contributed by atoms with Crippen LogP contribution in [0.2, 0.25) is 5.15 Å². The topological polar surface area (TPSA) is 48.7 Å². The van der Waals surface area contributed by atoms with Gasteiger partial charge in [0.05, 0.1) is 11.6 Å². The van der Waals surface area contributed by atoms with Crippen LogP contribution in [-0.2, 0) is 12.7 Å². The first-order valence-electron chi connectivity index (χ1n) is 6.77. The van der Waals surface area contributed by atoms with Crippen molar-refractivity contribution in [3.63, 3.8) is 0 Å². The molecule has 0 aliphatic heterocycles. The highest BCUT2D eigenvalue weighted by Gasteiger charge is 2.33.